The van der Waals surface area contributed by atoms with E-state index in [1.54, 1.807) is 50.2 Å². The Bertz CT molecular complexity index is 571. The third kappa shape index (κ3) is 4.16. The van der Waals surface area contributed by atoms with Crippen LogP contribution in [0.25, 0.3) is 0 Å². The van der Waals surface area contributed by atoms with E-state index in [-0.39, 0.29) is 21.2 Å². The van der Waals surface area contributed by atoms with Gasteiger partial charge < -0.3 is 0 Å². The average molecular weight is 274 g/mol. The van der Waals surface area contributed by atoms with Gasteiger partial charge in [-0.25, -0.2) is 0 Å². The summed E-state index contributed by atoms with van der Waals surface area (Å²) < 4.78 is 0. The fourth-order valence-electron chi connectivity index (χ4n) is 1.54. The second kappa shape index (κ2) is 6.98. The van der Waals surface area contributed by atoms with Gasteiger partial charge >= 0.3 is 0 Å². The van der Waals surface area contributed by atoms with Gasteiger partial charge in [0.2, 0.25) is 0 Å². The van der Waals surface area contributed by atoms with Gasteiger partial charge in [-0.1, -0.05) is 36.4 Å². The molecule has 2 aromatic carbocycles. The molecule has 0 bridgehead atoms. The van der Waals surface area contributed by atoms with Crippen molar-refractivity contribution in [3.63, 3.8) is 0 Å². The van der Waals surface area contributed by atoms with E-state index >= 15 is 0 Å². The highest BCUT2D eigenvalue weighted by Crippen LogP contribution is 2.15. The lowest BCUT2D eigenvalue weighted by Crippen LogP contribution is -1.89. The molecule has 104 valence electrons. The molecule has 0 aliphatic rings. The van der Waals surface area contributed by atoms with Crippen LogP contribution in [0.15, 0.2) is 48.5 Å². The minimum atomic E-state index is -0.380. The first-order chi connectivity index (χ1) is 9.43. The number of nitro benzene ring substituents is 2. The summed E-state index contributed by atoms with van der Waals surface area (Å²) in [6, 6.07) is 13.3. The van der Waals surface area contributed by atoms with Gasteiger partial charge in [0.05, 0.1) is 9.85 Å². The summed E-state index contributed by atoms with van der Waals surface area (Å²) in [7, 11) is 0. The predicted octanol–water partition coefficient (Wildman–Crippen LogP) is 3.81. The summed E-state index contributed by atoms with van der Waals surface area (Å²) >= 11 is 0. The number of benzene rings is 2. The van der Waals surface area contributed by atoms with Crippen molar-refractivity contribution in [3.8, 4) is 0 Å². The molecule has 0 N–H and O–H groups in total. The molecule has 0 fully saturated rings. The number of para-hydroxylation sites is 2. The van der Waals surface area contributed by atoms with Crippen LogP contribution in [0.3, 0.4) is 0 Å². The highest BCUT2D eigenvalue weighted by atomic mass is 16.6. The van der Waals surface area contributed by atoms with Crippen LogP contribution in [0.2, 0.25) is 0 Å². The maximum atomic E-state index is 10.2. The summed E-state index contributed by atoms with van der Waals surface area (Å²) in [5.74, 6) is 0. The van der Waals surface area contributed by atoms with Crippen molar-refractivity contribution in [1.82, 2.24) is 0 Å². The number of nitro groups is 2. The minimum absolute atomic E-state index is 0.183. The molecule has 0 aromatic heterocycles. The summed E-state index contributed by atoms with van der Waals surface area (Å²) in [4.78, 5) is 19.7. The monoisotopic (exact) mass is 274 g/mol. The molecule has 0 spiro atoms. The molecule has 0 saturated heterocycles. The smallest absolute Gasteiger partial charge is 0.258 e. The van der Waals surface area contributed by atoms with Crippen LogP contribution in [0.1, 0.15) is 11.1 Å². The summed E-state index contributed by atoms with van der Waals surface area (Å²) in [5, 5.41) is 20.5. The molecular formula is C14H14N2O4. The largest absolute Gasteiger partial charge is 0.272 e. The van der Waals surface area contributed by atoms with E-state index in [4.69, 9.17) is 0 Å². The van der Waals surface area contributed by atoms with Gasteiger partial charge in [0.25, 0.3) is 11.4 Å². The van der Waals surface area contributed by atoms with E-state index in [1.807, 2.05) is 0 Å². The summed E-state index contributed by atoms with van der Waals surface area (Å²) in [6.45, 7) is 3.44. The van der Waals surface area contributed by atoms with Crippen LogP contribution < -0.4 is 0 Å². The van der Waals surface area contributed by atoms with E-state index in [0.29, 0.717) is 11.1 Å². The molecule has 0 amide bonds. The Labute approximate surface area is 116 Å². The molecule has 0 radical (unpaired) electrons. The van der Waals surface area contributed by atoms with Gasteiger partial charge in [-0.05, 0) is 13.8 Å². The van der Waals surface area contributed by atoms with Crippen LogP contribution in [-0.2, 0) is 0 Å². The third-order valence-electron chi connectivity index (χ3n) is 2.62. The molecule has 2 rings (SSSR count). The van der Waals surface area contributed by atoms with Crippen molar-refractivity contribution in [1.29, 1.82) is 0 Å². The van der Waals surface area contributed by atoms with Crippen molar-refractivity contribution in [2.45, 2.75) is 13.8 Å². The normalized spacial score (nSPS) is 9.30. The minimum Gasteiger partial charge on any atom is -0.258 e. The summed E-state index contributed by atoms with van der Waals surface area (Å²) in [5.41, 5.74) is 1.77. The Hall–Kier alpha value is -2.76. The Morgan fingerprint density at radius 2 is 1.00 bits per heavy atom. The van der Waals surface area contributed by atoms with Crippen LogP contribution in [0, 0.1) is 34.1 Å². The number of rotatable bonds is 2. The zero-order valence-corrected chi connectivity index (χ0v) is 11.1. The fourth-order valence-corrected chi connectivity index (χ4v) is 1.54. The zero-order chi connectivity index (χ0) is 15.1. The fraction of sp³-hybridized carbons (Fsp3) is 0.143. The standard InChI is InChI=1S/2C7H7NO2/c2*1-6-4-2-3-5-7(6)8(9)10/h2*2-5H,1H3. The van der Waals surface area contributed by atoms with Crippen LogP contribution >= 0.6 is 0 Å². The van der Waals surface area contributed by atoms with Crippen molar-refractivity contribution >= 4 is 11.4 Å². The van der Waals surface area contributed by atoms with Crippen molar-refractivity contribution in [3.05, 3.63) is 79.9 Å². The predicted molar refractivity (Wildman–Crippen MR) is 75.7 cm³/mol. The molecule has 0 heterocycles. The van der Waals surface area contributed by atoms with E-state index in [9.17, 15) is 20.2 Å². The first-order valence-electron chi connectivity index (χ1n) is 5.83. The van der Waals surface area contributed by atoms with Gasteiger partial charge in [0, 0.05) is 23.3 Å². The van der Waals surface area contributed by atoms with Crippen molar-refractivity contribution < 1.29 is 9.85 Å². The molecular weight excluding hydrogens is 260 g/mol. The SMILES string of the molecule is Cc1ccccc1[N+](=O)[O-].Cc1ccccc1[N+](=O)[O-]. The molecule has 0 aliphatic carbocycles. The van der Waals surface area contributed by atoms with Crippen molar-refractivity contribution in [2.75, 3.05) is 0 Å². The summed E-state index contributed by atoms with van der Waals surface area (Å²) in [6.07, 6.45) is 0. The molecule has 6 nitrogen and oxygen atoms in total. The highest BCUT2D eigenvalue weighted by molar-refractivity contribution is 5.38. The van der Waals surface area contributed by atoms with E-state index in [1.165, 1.54) is 12.1 Å². The van der Waals surface area contributed by atoms with Gasteiger partial charge in [-0.2, -0.15) is 0 Å². The first kappa shape index (κ1) is 15.3. The molecule has 20 heavy (non-hydrogen) atoms. The van der Waals surface area contributed by atoms with Crippen LogP contribution in [0.4, 0.5) is 11.4 Å². The van der Waals surface area contributed by atoms with Crippen LogP contribution in [-0.4, -0.2) is 9.85 Å². The second-order valence-corrected chi connectivity index (χ2v) is 4.09. The first-order valence-corrected chi connectivity index (χ1v) is 5.83. The maximum Gasteiger partial charge on any atom is 0.272 e. The Kier molecular flexibility index (Phi) is 5.34. The molecule has 0 unspecified atom stereocenters. The highest BCUT2D eigenvalue weighted by Gasteiger charge is 2.06. The maximum absolute atomic E-state index is 10.2. The Morgan fingerprint density at radius 3 is 1.20 bits per heavy atom. The van der Waals surface area contributed by atoms with E-state index in [2.05, 4.69) is 0 Å². The number of nitrogens with zero attached hydrogens (tertiary/aromatic N) is 2. The number of aryl methyl sites for hydroxylation is 2. The number of hydrogen-bond donors (Lipinski definition) is 0. The molecule has 0 aliphatic heterocycles. The molecule has 2 aromatic rings. The number of hydrogen-bond acceptors (Lipinski definition) is 4. The quantitative estimate of drug-likeness (QED) is 0.615. The van der Waals surface area contributed by atoms with Gasteiger partial charge in [0.1, 0.15) is 0 Å². The Balaban J connectivity index is 0.000000200. The third-order valence-corrected chi connectivity index (χ3v) is 2.62. The van der Waals surface area contributed by atoms with Crippen molar-refractivity contribution in [2.24, 2.45) is 0 Å². The molecule has 0 atom stereocenters. The second-order valence-electron chi connectivity index (χ2n) is 4.09. The topological polar surface area (TPSA) is 86.3 Å². The average Bonchev–Trinajstić information content (AvgIpc) is 2.40. The van der Waals surface area contributed by atoms with Gasteiger partial charge in [-0.3, -0.25) is 20.2 Å². The lowest BCUT2D eigenvalue weighted by molar-refractivity contribution is -0.385. The van der Waals surface area contributed by atoms with Gasteiger partial charge in [0.15, 0.2) is 0 Å². The lowest BCUT2D eigenvalue weighted by Gasteiger charge is -1.92. The van der Waals surface area contributed by atoms with E-state index in [0.717, 1.165) is 0 Å². The zero-order valence-electron chi connectivity index (χ0n) is 11.1. The molecule has 0 saturated carbocycles. The lowest BCUT2D eigenvalue weighted by atomic mass is 10.2. The Morgan fingerprint density at radius 1 is 0.700 bits per heavy atom. The van der Waals surface area contributed by atoms with Crippen LogP contribution in [0.5, 0.6) is 0 Å². The van der Waals surface area contributed by atoms with E-state index < -0.39 is 0 Å². The molecule has 6 heteroatoms. The van der Waals surface area contributed by atoms with Gasteiger partial charge in [-0.15, -0.1) is 0 Å².